The van der Waals surface area contributed by atoms with E-state index in [9.17, 15) is 4.79 Å². The molecule has 1 aliphatic rings. The Labute approximate surface area is 134 Å². The van der Waals surface area contributed by atoms with Gasteiger partial charge >= 0.3 is 0 Å². The van der Waals surface area contributed by atoms with Crippen molar-refractivity contribution >= 4 is 17.7 Å². The zero-order chi connectivity index (χ0) is 15.7. The standard InChI is InChI=1S/C15H21N5OS/c1-4-20-13(7-12(18-20)10(2)3)14(21)16-8-11-9-19-5-6-22-15(19)17-11/h7,9-10H,4-6,8H2,1-3H3,(H,16,21). The van der Waals surface area contributed by atoms with Gasteiger partial charge in [-0.2, -0.15) is 5.10 Å². The molecule has 6 nitrogen and oxygen atoms in total. The Hall–Kier alpha value is -1.76. The average molecular weight is 319 g/mol. The predicted molar refractivity (Wildman–Crippen MR) is 86.1 cm³/mol. The lowest BCUT2D eigenvalue weighted by molar-refractivity contribution is 0.0939. The van der Waals surface area contributed by atoms with Gasteiger partial charge in [0.1, 0.15) is 5.69 Å². The molecule has 0 saturated heterocycles. The van der Waals surface area contributed by atoms with Gasteiger partial charge in [0.15, 0.2) is 5.16 Å². The number of rotatable bonds is 5. The van der Waals surface area contributed by atoms with Crippen LogP contribution >= 0.6 is 11.8 Å². The summed E-state index contributed by atoms with van der Waals surface area (Å²) in [5.74, 6) is 1.30. The first-order valence-corrected chi connectivity index (χ1v) is 8.61. The van der Waals surface area contributed by atoms with Crippen molar-refractivity contribution in [3.05, 3.63) is 29.3 Å². The van der Waals surface area contributed by atoms with E-state index >= 15 is 0 Å². The van der Waals surface area contributed by atoms with Crippen LogP contribution in [0.2, 0.25) is 0 Å². The number of amides is 1. The number of nitrogens with one attached hydrogen (secondary N) is 1. The molecule has 1 aliphatic heterocycles. The van der Waals surface area contributed by atoms with Crippen LogP contribution in [0.1, 0.15) is 48.6 Å². The summed E-state index contributed by atoms with van der Waals surface area (Å²) in [6.07, 6.45) is 2.02. The normalized spacial score (nSPS) is 13.6. The van der Waals surface area contributed by atoms with Crippen molar-refractivity contribution in [2.24, 2.45) is 0 Å². The Morgan fingerprint density at radius 2 is 2.32 bits per heavy atom. The number of hydrogen-bond acceptors (Lipinski definition) is 4. The molecule has 0 spiro atoms. The molecule has 2 aromatic heterocycles. The van der Waals surface area contributed by atoms with Gasteiger partial charge in [-0.05, 0) is 18.9 Å². The molecule has 0 unspecified atom stereocenters. The highest BCUT2D eigenvalue weighted by atomic mass is 32.2. The molecule has 1 N–H and O–H groups in total. The fourth-order valence-corrected chi connectivity index (χ4v) is 3.41. The van der Waals surface area contributed by atoms with Crippen molar-refractivity contribution in [1.29, 1.82) is 0 Å². The van der Waals surface area contributed by atoms with E-state index in [1.165, 1.54) is 0 Å². The molecule has 1 amide bonds. The molecule has 0 aliphatic carbocycles. The van der Waals surface area contributed by atoms with Crippen molar-refractivity contribution < 1.29 is 4.79 Å². The predicted octanol–water partition coefficient (Wildman–Crippen LogP) is 2.26. The zero-order valence-corrected chi connectivity index (χ0v) is 14.0. The Balaban J connectivity index is 1.68. The van der Waals surface area contributed by atoms with Crippen molar-refractivity contribution in [3.8, 4) is 0 Å². The molecule has 3 rings (SSSR count). The third-order valence-corrected chi connectivity index (χ3v) is 4.68. The molecule has 22 heavy (non-hydrogen) atoms. The van der Waals surface area contributed by atoms with Crippen LogP contribution in [0.5, 0.6) is 0 Å². The number of fused-ring (bicyclic) bond motifs is 1. The number of carbonyl (C=O) groups excluding carboxylic acids is 1. The Bertz CT molecular complexity index is 667. The highest BCUT2D eigenvalue weighted by molar-refractivity contribution is 7.99. The van der Waals surface area contributed by atoms with Crippen LogP contribution in [0.3, 0.4) is 0 Å². The average Bonchev–Trinajstić information content (AvgIpc) is 3.17. The van der Waals surface area contributed by atoms with Gasteiger partial charge < -0.3 is 9.88 Å². The lowest BCUT2D eigenvalue weighted by Crippen LogP contribution is -2.25. The minimum Gasteiger partial charge on any atom is -0.345 e. The van der Waals surface area contributed by atoms with Crippen LogP contribution in [0.4, 0.5) is 0 Å². The molecular formula is C15H21N5OS. The van der Waals surface area contributed by atoms with Gasteiger partial charge in [-0.25, -0.2) is 4.98 Å². The lowest BCUT2D eigenvalue weighted by Gasteiger charge is -2.05. The number of nitrogens with zero attached hydrogens (tertiary/aromatic N) is 4. The summed E-state index contributed by atoms with van der Waals surface area (Å²) < 4.78 is 3.90. The maximum atomic E-state index is 12.4. The SMILES string of the molecule is CCn1nc(C(C)C)cc1C(=O)NCc1cn2c(n1)SCC2. The quantitative estimate of drug-likeness (QED) is 0.918. The van der Waals surface area contributed by atoms with Crippen molar-refractivity contribution in [3.63, 3.8) is 0 Å². The van der Waals surface area contributed by atoms with E-state index in [2.05, 4.69) is 33.8 Å². The van der Waals surface area contributed by atoms with E-state index in [4.69, 9.17) is 0 Å². The smallest absolute Gasteiger partial charge is 0.269 e. The van der Waals surface area contributed by atoms with Crippen LogP contribution in [0.25, 0.3) is 0 Å². The first kappa shape index (κ1) is 15.1. The molecule has 118 valence electrons. The second-order valence-electron chi connectivity index (χ2n) is 5.66. The molecular weight excluding hydrogens is 298 g/mol. The maximum absolute atomic E-state index is 12.4. The van der Waals surface area contributed by atoms with Crippen LogP contribution in [-0.2, 0) is 19.6 Å². The summed E-state index contributed by atoms with van der Waals surface area (Å²) >= 11 is 1.76. The zero-order valence-electron chi connectivity index (χ0n) is 13.2. The van der Waals surface area contributed by atoms with E-state index in [0.29, 0.717) is 24.7 Å². The number of hydrogen-bond donors (Lipinski definition) is 1. The molecule has 2 aromatic rings. The fourth-order valence-electron chi connectivity index (χ4n) is 2.45. The first-order chi connectivity index (χ1) is 10.6. The molecule has 0 aromatic carbocycles. The summed E-state index contributed by atoms with van der Waals surface area (Å²) in [7, 11) is 0. The molecule has 3 heterocycles. The highest BCUT2D eigenvalue weighted by Gasteiger charge is 2.18. The number of carbonyl (C=O) groups is 1. The van der Waals surface area contributed by atoms with E-state index in [1.54, 1.807) is 16.4 Å². The van der Waals surface area contributed by atoms with Gasteiger partial charge in [-0.3, -0.25) is 9.48 Å². The van der Waals surface area contributed by atoms with Gasteiger partial charge in [0.05, 0.1) is 17.9 Å². The van der Waals surface area contributed by atoms with E-state index < -0.39 is 0 Å². The third-order valence-electron chi connectivity index (χ3n) is 3.71. The Morgan fingerprint density at radius 3 is 3.00 bits per heavy atom. The summed E-state index contributed by atoms with van der Waals surface area (Å²) in [6.45, 7) is 8.28. The number of aryl methyl sites for hydroxylation is 2. The van der Waals surface area contributed by atoms with Gasteiger partial charge in [0, 0.05) is 25.0 Å². The lowest BCUT2D eigenvalue weighted by atomic mass is 10.1. The van der Waals surface area contributed by atoms with Crippen LogP contribution in [0.15, 0.2) is 17.4 Å². The van der Waals surface area contributed by atoms with Crippen LogP contribution < -0.4 is 5.32 Å². The number of imidazole rings is 1. The van der Waals surface area contributed by atoms with Crippen LogP contribution in [-0.4, -0.2) is 31.0 Å². The van der Waals surface area contributed by atoms with Crippen LogP contribution in [0, 0.1) is 0 Å². The Kier molecular flexibility index (Phi) is 4.24. The summed E-state index contributed by atoms with van der Waals surface area (Å²) in [4.78, 5) is 16.9. The van der Waals surface area contributed by atoms with Gasteiger partial charge in [0.25, 0.3) is 5.91 Å². The number of aromatic nitrogens is 4. The van der Waals surface area contributed by atoms with E-state index in [-0.39, 0.29) is 5.91 Å². The first-order valence-electron chi connectivity index (χ1n) is 7.63. The fraction of sp³-hybridized carbons (Fsp3) is 0.533. The second-order valence-corrected chi connectivity index (χ2v) is 6.73. The molecule has 0 bridgehead atoms. The van der Waals surface area contributed by atoms with E-state index in [1.807, 2.05) is 19.2 Å². The van der Waals surface area contributed by atoms with Crippen molar-refractivity contribution in [2.45, 2.75) is 51.5 Å². The summed E-state index contributed by atoms with van der Waals surface area (Å²) in [5, 5.41) is 8.47. The second kappa shape index (κ2) is 6.16. The van der Waals surface area contributed by atoms with Gasteiger partial charge in [-0.1, -0.05) is 25.6 Å². The van der Waals surface area contributed by atoms with Crippen molar-refractivity contribution in [2.75, 3.05) is 5.75 Å². The highest BCUT2D eigenvalue weighted by Crippen LogP contribution is 2.24. The number of thioether (sulfide) groups is 1. The summed E-state index contributed by atoms with van der Waals surface area (Å²) in [6, 6.07) is 1.88. The van der Waals surface area contributed by atoms with E-state index in [0.717, 1.165) is 28.8 Å². The molecule has 0 atom stereocenters. The van der Waals surface area contributed by atoms with Gasteiger partial charge in [0.2, 0.25) is 0 Å². The molecule has 7 heteroatoms. The minimum absolute atomic E-state index is 0.0953. The maximum Gasteiger partial charge on any atom is 0.269 e. The molecule has 0 fully saturated rings. The largest absolute Gasteiger partial charge is 0.345 e. The minimum atomic E-state index is -0.0953. The monoisotopic (exact) mass is 319 g/mol. The molecule has 0 radical (unpaired) electrons. The third kappa shape index (κ3) is 2.90. The van der Waals surface area contributed by atoms with Gasteiger partial charge in [-0.15, -0.1) is 0 Å². The topological polar surface area (TPSA) is 64.7 Å². The summed E-state index contributed by atoms with van der Waals surface area (Å²) in [5.41, 5.74) is 2.47. The Morgan fingerprint density at radius 1 is 1.50 bits per heavy atom. The molecule has 0 saturated carbocycles. The van der Waals surface area contributed by atoms with Crippen molar-refractivity contribution in [1.82, 2.24) is 24.6 Å².